The number of nitrogens with one attached hydrogen (secondary N) is 1. The van der Waals surface area contributed by atoms with Gasteiger partial charge in [-0.25, -0.2) is 18.4 Å². The second-order valence-electron chi connectivity index (χ2n) is 4.78. The molecule has 0 saturated carbocycles. The van der Waals surface area contributed by atoms with Crippen molar-refractivity contribution in [2.45, 2.75) is 24.9 Å². The summed E-state index contributed by atoms with van der Waals surface area (Å²) in [6.07, 6.45) is 5.08. The zero-order valence-corrected chi connectivity index (χ0v) is 12.5. The van der Waals surface area contributed by atoms with E-state index in [0.717, 1.165) is 5.82 Å². The zero-order chi connectivity index (χ0) is 14.9. The lowest BCUT2D eigenvalue weighted by molar-refractivity contribution is 0.335. The highest BCUT2D eigenvalue weighted by Crippen LogP contribution is 2.22. The molecule has 2 aromatic heterocycles. The van der Waals surface area contributed by atoms with Gasteiger partial charge in [-0.3, -0.25) is 0 Å². The topological polar surface area (TPSA) is 80.1 Å². The molecule has 21 heavy (non-hydrogen) atoms. The number of sulfonamides is 1. The molecule has 0 radical (unpaired) electrons. The zero-order valence-electron chi connectivity index (χ0n) is 11.7. The molecule has 112 valence electrons. The van der Waals surface area contributed by atoms with Crippen LogP contribution in [-0.4, -0.2) is 40.3 Å². The predicted octanol–water partition coefficient (Wildman–Crippen LogP) is 0.914. The first-order valence-corrected chi connectivity index (χ1v) is 8.25. The number of anilines is 1. The Balaban J connectivity index is 1.89. The molecule has 0 fully saturated rings. The van der Waals surface area contributed by atoms with Gasteiger partial charge in [0.05, 0.1) is 11.4 Å². The van der Waals surface area contributed by atoms with E-state index < -0.39 is 10.0 Å². The van der Waals surface area contributed by atoms with Crippen LogP contribution in [0.15, 0.2) is 35.6 Å². The van der Waals surface area contributed by atoms with Gasteiger partial charge in [-0.05, 0) is 13.0 Å². The van der Waals surface area contributed by atoms with Crippen molar-refractivity contribution >= 4 is 15.8 Å². The Morgan fingerprint density at radius 2 is 2.14 bits per heavy atom. The first kappa shape index (κ1) is 14.0. The van der Waals surface area contributed by atoms with Crippen LogP contribution in [0.25, 0.3) is 0 Å². The van der Waals surface area contributed by atoms with Crippen molar-refractivity contribution in [1.82, 2.24) is 18.8 Å². The minimum atomic E-state index is -3.52. The second-order valence-corrected chi connectivity index (χ2v) is 6.72. The monoisotopic (exact) mass is 307 g/mol. The van der Waals surface area contributed by atoms with Gasteiger partial charge >= 0.3 is 0 Å². The van der Waals surface area contributed by atoms with Crippen LogP contribution in [0, 0.1) is 0 Å². The molecule has 0 amide bonds. The molecular formula is C13H17N5O2S. The third-order valence-electron chi connectivity index (χ3n) is 3.44. The van der Waals surface area contributed by atoms with Crippen molar-refractivity contribution in [1.29, 1.82) is 0 Å². The Kier molecular flexibility index (Phi) is 3.64. The molecule has 0 saturated heterocycles. The predicted molar refractivity (Wildman–Crippen MR) is 78.2 cm³/mol. The van der Waals surface area contributed by atoms with Crippen molar-refractivity contribution in [3.63, 3.8) is 0 Å². The summed E-state index contributed by atoms with van der Waals surface area (Å²) in [7, 11) is -3.52. The molecular weight excluding hydrogens is 290 g/mol. The van der Waals surface area contributed by atoms with E-state index >= 15 is 0 Å². The Bertz CT molecular complexity index is 741. The molecule has 0 unspecified atom stereocenters. The molecule has 1 aliphatic heterocycles. The Labute approximate surface area is 123 Å². The second kappa shape index (κ2) is 5.45. The third kappa shape index (κ3) is 2.64. The van der Waals surface area contributed by atoms with Crippen LogP contribution in [0.1, 0.15) is 12.7 Å². The lowest BCUT2D eigenvalue weighted by Gasteiger charge is -2.27. The summed E-state index contributed by atoms with van der Waals surface area (Å²) in [6, 6.07) is 3.09. The van der Waals surface area contributed by atoms with E-state index in [9.17, 15) is 8.42 Å². The minimum Gasteiger partial charge on any atom is -0.370 e. The number of hydrogen-bond donors (Lipinski definition) is 1. The molecule has 0 bridgehead atoms. The minimum absolute atomic E-state index is 0.258. The highest BCUT2D eigenvalue weighted by atomic mass is 32.2. The fraction of sp³-hybridized carbons (Fsp3) is 0.385. The van der Waals surface area contributed by atoms with Crippen LogP contribution in [0.2, 0.25) is 0 Å². The van der Waals surface area contributed by atoms with Gasteiger partial charge in [-0.2, -0.15) is 4.31 Å². The maximum Gasteiger partial charge on any atom is 0.243 e. The van der Waals surface area contributed by atoms with Crippen molar-refractivity contribution in [3.05, 3.63) is 36.5 Å². The standard InChI is InChI=1S/C13H17N5O2S/c1-2-14-12-9-11(3-4-15-12)21(19,20)18-8-7-17-6-5-16-13(17)10-18/h3-6,9H,2,7-8,10H2,1H3,(H,14,15). The first-order chi connectivity index (χ1) is 10.1. The molecule has 0 atom stereocenters. The fourth-order valence-corrected chi connectivity index (χ4v) is 3.75. The van der Waals surface area contributed by atoms with Crippen LogP contribution in [0.5, 0.6) is 0 Å². The quantitative estimate of drug-likeness (QED) is 0.908. The van der Waals surface area contributed by atoms with E-state index in [1.165, 1.54) is 16.6 Å². The average molecular weight is 307 g/mol. The number of hydrogen-bond acceptors (Lipinski definition) is 5. The van der Waals surface area contributed by atoms with Gasteiger partial charge in [-0.1, -0.05) is 0 Å². The molecule has 0 aliphatic carbocycles. The normalized spacial score (nSPS) is 15.7. The van der Waals surface area contributed by atoms with Crippen LogP contribution < -0.4 is 5.32 Å². The van der Waals surface area contributed by atoms with Gasteiger partial charge in [0.2, 0.25) is 10.0 Å². The maximum absolute atomic E-state index is 12.7. The Hall–Kier alpha value is -1.93. The third-order valence-corrected chi connectivity index (χ3v) is 5.28. The summed E-state index contributed by atoms with van der Waals surface area (Å²) in [5.74, 6) is 1.34. The van der Waals surface area contributed by atoms with Crippen molar-refractivity contribution in [3.8, 4) is 0 Å². The molecule has 3 rings (SSSR count). The molecule has 7 nitrogen and oxygen atoms in total. The van der Waals surface area contributed by atoms with E-state index in [1.54, 1.807) is 12.3 Å². The van der Waals surface area contributed by atoms with E-state index in [1.807, 2.05) is 17.7 Å². The summed E-state index contributed by atoms with van der Waals surface area (Å²) in [4.78, 5) is 8.56. The van der Waals surface area contributed by atoms with Gasteiger partial charge in [0.1, 0.15) is 11.6 Å². The van der Waals surface area contributed by atoms with Crippen molar-refractivity contribution < 1.29 is 8.42 Å². The Morgan fingerprint density at radius 1 is 1.29 bits per heavy atom. The smallest absolute Gasteiger partial charge is 0.243 e. The molecule has 1 N–H and O–H groups in total. The summed E-state index contributed by atoms with van der Waals surface area (Å²) in [5.41, 5.74) is 0. The van der Waals surface area contributed by atoms with Crippen LogP contribution in [0.4, 0.5) is 5.82 Å². The molecule has 2 aromatic rings. The number of nitrogens with zero attached hydrogens (tertiary/aromatic N) is 4. The lowest BCUT2D eigenvalue weighted by Crippen LogP contribution is -2.38. The van der Waals surface area contributed by atoms with Crippen LogP contribution in [-0.2, 0) is 23.1 Å². The van der Waals surface area contributed by atoms with Gasteiger partial charge in [0, 0.05) is 44.3 Å². The molecule has 1 aliphatic rings. The van der Waals surface area contributed by atoms with E-state index in [4.69, 9.17) is 0 Å². The molecule has 3 heterocycles. The summed E-state index contributed by atoms with van der Waals surface area (Å²) in [6.45, 7) is 4.00. The SMILES string of the molecule is CCNc1cc(S(=O)(=O)N2CCn3ccnc3C2)ccn1. The van der Waals surface area contributed by atoms with E-state index in [2.05, 4.69) is 15.3 Å². The fourth-order valence-electron chi connectivity index (χ4n) is 2.35. The van der Waals surface area contributed by atoms with Crippen molar-refractivity contribution in [2.75, 3.05) is 18.4 Å². The number of aromatic nitrogens is 3. The van der Waals surface area contributed by atoms with Crippen molar-refractivity contribution in [2.24, 2.45) is 0 Å². The average Bonchev–Trinajstić information content (AvgIpc) is 2.95. The maximum atomic E-state index is 12.7. The van der Waals surface area contributed by atoms with Gasteiger partial charge in [-0.15, -0.1) is 0 Å². The molecule has 8 heteroatoms. The largest absolute Gasteiger partial charge is 0.370 e. The van der Waals surface area contributed by atoms with Gasteiger partial charge < -0.3 is 9.88 Å². The molecule has 0 aromatic carbocycles. The summed E-state index contributed by atoms with van der Waals surface area (Å²) < 4.78 is 28.9. The van der Waals surface area contributed by atoms with Gasteiger partial charge in [0.15, 0.2) is 0 Å². The summed E-state index contributed by atoms with van der Waals surface area (Å²) in [5, 5.41) is 3.02. The molecule has 0 spiro atoms. The van der Waals surface area contributed by atoms with E-state index in [0.29, 0.717) is 32.0 Å². The van der Waals surface area contributed by atoms with Crippen LogP contribution >= 0.6 is 0 Å². The summed E-state index contributed by atoms with van der Waals surface area (Å²) >= 11 is 0. The van der Waals surface area contributed by atoms with E-state index in [-0.39, 0.29) is 4.90 Å². The first-order valence-electron chi connectivity index (χ1n) is 6.81. The number of rotatable bonds is 4. The van der Waals surface area contributed by atoms with Crippen LogP contribution in [0.3, 0.4) is 0 Å². The number of fused-ring (bicyclic) bond motifs is 1. The number of imidazole rings is 1. The van der Waals surface area contributed by atoms with Gasteiger partial charge in [0.25, 0.3) is 0 Å². The lowest BCUT2D eigenvalue weighted by atomic mass is 10.4. The highest BCUT2D eigenvalue weighted by Gasteiger charge is 2.29. The number of pyridine rings is 1. The Morgan fingerprint density at radius 3 is 2.95 bits per heavy atom. The highest BCUT2D eigenvalue weighted by molar-refractivity contribution is 7.89.